The van der Waals surface area contributed by atoms with Crippen LogP contribution in [0.3, 0.4) is 0 Å². The lowest BCUT2D eigenvalue weighted by molar-refractivity contribution is 0.967. The minimum absolute atomic E-state index is 0.713. The second kappa shape index (κ2) is 6.52. The van der Waals surface area contributed by atoms with Crippen LogP contribution in [0.5, 0.6) is 0 Å². The molecule has 0 aliphatic heterocycles. The zero-order valence-electron chi connectivity index (χ0n) is 14.0. The van der Waals surface area contributed by atoms with Crippen molar-refractivity contribution in [1.82, 2.24) is 19.6 Å². The van der Waals surface area contributed by atoms with Crippen LogP contribution in [0.15, 0.2) is 55.0 Å². The predicted octanol–water partition coefficient (Wildman–Crippen LogP) is 3.53. The summed E-state index contributed by atoms with van der Waals surface area (Å²) in [6.45, 7) is 0.713. The van der Waals surface area contributed by atoms with Crippen LogP contribution < -0.4 is 10.2 Å². The number of nitrogens with one attached hydrogen (secondary N) is 1. The van der Waals surface area contributed by atoms with Crippen molar-refractivity contribution in [2.45, 2.75) is 6.54 Å². The van der Waals surface area contributed by atoms with Gasteiger partial charge in [0.15, 0.2) is 0 Å². The molecule has 126 valence electrons. The molecule has 0 spiro atoms. The van der Waals surface area contributed by atoms with Gasteiger partial charge in [0.05, 0.1) is 11.9 Å². The fourth-order valence-corrected chi connectivity index (χ4v) is 3.35. The van der Waals surface area contributed by atoms with E-state index >= 15 is 0 Å². The van der Waals surface area contributed by atoms with E-state index in [1.165, 1.54) is 5.56 Å². The quantitative estimate of drug-likeness (QED) is 0.597. The summed E-state index contributed by atoms with van der Waals surface area (Å²) in [4.78, 5) is 11.5. The van der Waals surface area contributed by atoms with Crippen LogP contribution in [0.25, 0.3) is 16.2 Å². The molecule has 0 fully saturated rings. The lowest BCUT2D eigenvalue weighted by atomic mass is 10.1. The number of pyridine rings is 1. The van der Waals surface area contributed by atoms with Crippen LogP contribution in [0.1, 0.15) is 5.56 Å². The van der Waals surface area contributed by atoms with Gasteiger partial charge in [-0.05, 0) is 29.8 Å². The van der Waals surface area contributed by atoms with Gasteiger partial charge in [-0.1, -0.05) is 23.5 Å². The van der Waals surface area contributed by atoms with Crippen molar-refractivity contribution in [1.29, 1.82) is 0 Å². The van der Waals surface area contributed by atoms with E-state index in [2.05, 4.69) is 49.5 Å². The average Bonchev–Trinajstić information content (AvgIpc) is 3.21. The molecule has 25 heavy (non-hydrogen) atoms. The smallest absolute Gasteiger partial charge is 0.214 e. The van der Waals surface area contributed by atoms with Crippen molar-refractivity contribution < 1.29 is 0 Å². The number of hydrogen-bond acceptors (Lipinski definition) is 6. The summed E-state index contributed by atoms with van der Waals surface area (Å²) in [6.07, 6.45) is 5.46. The van der Waals surface area contributed by atoms with Gasteiger partial charge in [0.2, 0.25) is 10.1 Å². The predicted molar refractivity (Wildman–Crippen MR) is 102 cm³/mol. The molecule has 4 aromatic rings. The molecule has 1 aromatic carbocycles. The molecule has 0 unspecified atom stereocenters. The van der Waals surface area contributed by atoms with Gasteiger partial charge < -0.3 is 10.2 Å². The molecule has 0 bridgehead atoms. The summed E-state index contributed by atoms with van der Waals surface area (Å²) >= 11 is 1.55. The number of fused-ring (bicyclic) bond motifs is 1. The maximum Gasteiger partial charge on any atom is 0.214 e. The van der Waals surface area contributed by atoms with Crippen molar-refractivity contribution in [3.05, 3.63) is 60.6 Å². The van der Waals surface area contributed by atoms with Crippen LogP contribution in [0.4, 0.5) is 10.8 Å². The fraction of sp³-hybridized carbons (Fsp3) is 0.167. The topological polar surface area (TPSA) is 58.4 Å². The molecular weight excluding hydrogens is 332 g/mol. The summed E-state index contributed by atoms with van der Waals surface area (Å²) in [5.74, 6) is 0. The summed E-state index contributed by atoms with van der Waals surface area (Å²) in [5.41, 5.74) is 4.41. The number of aromatic nitrogens is 4. The number of imidazole rings is 1. The second-order valence-corrected chi connectivity index (χ2v) is 6.85. The van der Waals surface area contributed by atoms with E-state index < -0.39 is 0 Å². The molecule has 0 aliphatic rings. The molecule has 1 N–H and O–H groups in total. The molecule has 7 heteroatoms. The van der Waals surface area contributed by atoms with E-state index in [1.54, 1.807) is 23.7 Å². The van der Waals surface area contributed by atoms with E-state index in [-0.39, 0.29) is 0 Å². The van der Waals surface area contributed by atoms with E-state index in [0.29, 0.717) is 6.54 Å². The summed E-state index contributed by atoms with van der Waals surface area (Å²) in [6, 6.07) is 12.4. The van der Waals surface area contributed by atoms with E-state index in [4.69, 9.17) is 0 Å². The molecule has 3 heterocycles. The third-order valence-electron chi connectivity index (χ3n) is 3.94. The van der Waals surface area contributed by atoms with E-state index in [1.807, 2.05) is 36.9 Å². The Kier molecular flexibility index (Phi) is 4.07. The molecule has 0 atom stereocenters. The highest BCUT2D eigenvalue weighted by atomic mass is 32.1. The Hall–Kier alpha value is -2.93. The molecule has 0 radical (unpaired) electrons. The first-order valence-electron chi connectivity index (χ1n) is 7.96. The normalized spacial score (nSPS) is 11.0. The zero-order valence-corrected chi connectivity index (χ0v) is 14.9. The first kappa shape index (κ1) is 15.6. The Morgan fingerprint density at radius 3 is 2.80 bits per heavy atom. The number of nitrogens with zero attached hydrogens (tertiary/aromatic N) is 5. The number of anilines is 2. The summed E-state index contributed by atoms with van der Waals surface area (Å²) in [7, 11) is 4.07. The lowest BCUT2D eigenvalue weighted by Gasteiger charge is -2.13. The number of hydrogen-bond donors (Lipinski definition) is 1. The fourth-order valence-electron chi connectivity index (χ4n) is 2.58. The van der Waals surface area contributed by atoms with Crippen LogP contribution in [-0.2, 0) is 6.54 Å². The van der Waals surface area contributed by atoms with Crippen molar-refractivity contribution in [2.24, 2.45) is 0 Å². The van der Waals surface area contributed by atoms with Gasteiger partial charge in [-0.2, -0.15) is 0 Å². The van der Waals surface area contributed by atoms with Gasteiger partial charge in [-0.15, -0.1) is 5.10 Å². The van der Waals surface area contributed by atoms with Crippen molar-refractivity contribution in [3.8, 4) is 11.3 Å². The van der Waals surface area contributed by atoms with Gasteiger partial charge in [0.1, 0.15) is 0 Å². The molecule has 3 aromatic heterocycles. The van der Waals surface area contributed by atoms with Gasteiger partial charge >= 0.3 is 0 Å². The molecule has 0 amide bonds. The lowest BCUT2D eigenvalue weighted by Crippen LogP contribution is -2.08. The second-order valence-electron chi connectivity index (χ2n) is 5.90. The average molecular weight is 350 g/mol. The number of benzene rings is 1. The highest BCUT2D eigenvalue weighted by molar-refractivity contribution is 7.20. The first-order valence-corrected chi connectivity index (χ1v) is 8.77. The monoisotopic (exact) mass is 350 g/mol. The zero-order chi connectivity index (χ0) is 17.2. The van der Waals surface area contributed by atoms with Crippen LogP contribution in [0, 0.1) is 0 Å². The van der Waals surface area contributed by atoms with Crippen molar-refractivity contribution >= 4 is 27.1 Å². The minimum Gasteiger partial charge on any atom is -0.378 e. The standard InChI is InChI=1S/C18H18N6S/c1-23(2)15-5-3-4-14(10-15)16-12-21-18-24(16)22-17(25-18)20-11-13-6-8-19-9-7-13/h3-10,12H,11H2,1-2H3,(H,20,22). The van der Waals surface area contributed by atoms with Crippen molar-refractivity contribution in [2.75, 3.05) is 24.3 Å². The molecule has 0 saturated heterocycles. The third-order valence-corrected chi connectivity index (χ3v) is 4.82. The van der Waals surface area contributed by atoms with Gasteiger partial charge in [0, 0.05) is 44.3 Å². The van der Waals surface area contributed by atoms with E-state index in [0.717, 1.165) is 27.0 Å². The minimum atomic E-state index is 0.713. The molecule has 4 rings (SSSR count). The Morgan fingerprint density at radius 1 is 1.16 bits per heavy atom. The van der Waals surface area contributed by atoms with Gasteiger partial charge in [-0.3, -0.25) is 4.98 Å². The molecule has 0 aliphatic carbocycles. The molecule has 0 saturated carbocycles. The maximum atomic E-state index is 4.67. The summed E-state index contributed by atoms with van der Waals surface area (Å²) < 4.78 is 1.90. The van der Waals surface area contributed by atoms with Crippen LogP contribution in [-0.4, -0.2) is 33.7 Å². The van der Waals surface area contributed by atoms with Gasteiger partial charge in [-0.25, -0.2) is 9.50 Å². The Balaban J connectivity index is 1.61. The Labute approximate surface area is 149 Å². The highest BCUT2D eigenvalue weighted by Crippen LogP contribution is 2.28. The summed E-state index contributed by atoms with van der Waals surface area (Å²) in [5, 5.41) is 8.88. The Bertz CT molecular complexity index is 989. The van der Waals surface area contributed by atoms with Gasteiger partial charge in [0.25, 0.3) is 0 Å². The van der Waals surface area contributed by atoms with Crippen molar-refractivity contribution in [3.63, 3.8) is 0 Å². The molecular formula is C18H18N6S. The SMILES string of the molecule is CN(C)c1cccc(-c2cnc3sc(NCc4ccncc4)nn23)c1. The largest absolute Gasteiger partial charge is 0.378 e. The Morgan fingerprint density at radius 2 is 2.00 bits per heavy atom. The van der Waals surface area contributed by atoms with Crippen LogP contribution in [0.2, 0.25) is 0 Å². The highest BCUT2D eigenvalue weighted by Gasteiger charge is 2.12. The first-order chi connectivity index (χ1) is 12.2. The molecule has 6 nitrogen and oxygen atoms in total. The van der Waals surface area contributed by atoms with E-state index in [9.17, 15) is 0 Å². The van der Waals surface area contributed by atoms with Crippen LogP contribution >= 0.6 is 11.3 Å². The third kappa shape index (κ3) is 3.18. The number of rotatable bonds is 5. The maximum absolute atomic E-state index is 4.67.